The van der Waals surface area contributed by atoms with Crippen LogP contribution in [0.3, 0.4) is 0 Å². The van der Waals surface area contributed by atoms with Gasteiger partial charge < -0.3 is 4.79 Å². The third kappa shape index (κ3) is 2.27. The summed E-state index contributed by atoms with van der Waals surface area (Å²) in [6, 6.07) is 0. The average Bonchev–Trinajstić information content (AvgIpc) is 2.64. The topological polar surface area (TPSA) is 51.2 Å². The van der Waals surface area contributed by atoms with E-state index in [4.69, 9.17) is 0 Å². The van der Waals surface area contributed by atoms with E-state index in [1.165, 1.54) is 6.42 Å². The van der Waals surface area contributed by atoms with Crippen LogP contribution in [0.15, 0.2) is 11.6 Å². The minimum atomic E-state index is -0.875. The van der Waals surface area contributed by atoms with Gasteiger partial charge in [0.1, 0.15) is 12.6 Å². The molecule has 0 aromatic heterocycles. The van der Waals surface area contributed by atoms with Gasteiger partial charge in [-0.2, -0.15) is 0 Å². The molecule has 0 amide bonds. The summed E-state index contributed by atoms with van der Waals surface area (Å²) >= 11 is 0. The lowest BCUT2D eigenvalue weighted by atomic mass is 9.42. The van der Waals surface area contributed by atoms with E-state index in [1.807, 2.05) is 6.08 Å². The van der Waals surface area contributed by atoms with Crippen LogP contribution in [-0.2, 0) is 14.4 Å². The zero-order valence-corrected chi connectivity index (χ0v) is 14.6. The molecule has 3 aliphatic rings. The molecule has 0 spiro atoms. The number of hydrogen-bond donors (Lipinski definition) is 0. The van der Waals surface area contributed by atoms with Gasteiger partial charge in [0.15, 0.2) is 5.78 Å². The van der Waals surface area contributed by atoms with E-state index in [9.17, 15) is 14.4 Å². The molecule has 2 saturated carbocycles. The number of carbonyl (C=O) groups is 3. The standard InChI is InChI=1S/C20H28O3/c1-18(2)8-4-9-19(3)15(18)7-10-20(13-22)16(19)6-5-14(12-21)11-17(20)23/h5,12-13,15-16H,4,6-11H2,1-3H3. The van der Waals surface area contributed by atoms with Gasteiger partial charge in [0.2, 0.25) is 0 Å². The fraction of sp³-hybridized carbons (Fsp3) is 0.750. The molecule has 23 heavy (non-hydrogen) atoms. The van der Waals surface area contributed by atoms with Crippen molar-refractivity contribution in [1.29, 1.82) is 0 Å². The molecule has 0 saturated heterocycles. The highest BCUT2D eigenvalue weighted by Gasteiger charge is 2.62. The van der Waals surface area contributed by atoms with Crippen molar-refractivity contribution in [1.82, 2.24) is 0 Å². The first kappa shape index (κ1) is 16.6. The van der Waals surface area contributed by atoms with Crippen LogP contribution in [0.1, 0.15) is 65.7 Å². The molecule has 3 heteroatoms. The van der Waals surface area contributed by atoms with Crippen LogP contribution >= 0.6 is 0 Å². The number of rotatable bonds is 2. The maximum Gasteiger partial charge on any atom is 0.150 e. The van der Waals surface area contributed by atoms with Gasteiger partial charge in [0, 0.05) is 6.42 Å². The normalized spacial score (nSPS) is 42.7. The lowest BCUT2D eigenvalue weighted by Crippen LogP contribution is -2.58. The first-order valence-corrected chi connectivity index (χ1v) is 8.94. The van der Waals surface area contributed by atoms with Gasteiger partial charge >= 0.3 is 0 Å². The predicted molar refractivity (Wildman–Crippen MR) is 88.8 cm³/mol. The average molecular weight is 316 g/mol. The van der Waals surface area contributed by atoms with E-state index in [0.717, 1.165) is 31.8 Å². The van der Waals surface area contributed by atoms with E-state index < -0.39 is 5.41 Å². The summed E-state index contributed by atoms with van der Waals surface area (Å²) in [5, 5.41) is 0. The van der Waals surface area contributed by atoms with E-state index in [1.54, 1.807) is 0 Å². The van der Waals surface area contributed by atoms with Gasteiger partial charge in [0.25, 0.3) is 0 Å². The Morgan fingerprint density at radius 1 is 1.09 bits per heavy atom. The van der Waals surface area contributed by atoms with Crippen LogP contribution in [-0.4, -0.2) is 18.4 Å². The second-order valence-corrected chi connectivity index (χ2v) is 8.88. The molecule has 0 aromatic rings. The van der Waals surface area contributed by atoms with Gasteiger partial charge in [-0.3, -0.25) is 9.59 Å². The minimum absolute atomic E-state index is 0.00536. The summed E-state index contributed by atoms with van der Waals surface area (Å²) in [7, 11) is 0. The van der Waals surface area contributed by atoms with Gasteiger partial charge in [-0.05, 0) is 60.3 Å². The Morgan fingerprint density at radius 2 is 1.83 bits per heavy atom. The van der Waals surface area contributed by atoms with Crippen LogP contribution in [0, 0.1) is 28.1 Å². The van der Waals surface area contributed by atoms with E-state index in [0.29, 0.717) is 24.3 Å². The Labute approximate surface area is 138 Å². The van der Waals surface area contributed by atoms with Gasteiger partial charge in [-0.1, -0.05) is 33.3 Å². The monoisotopic (exact) mass is 316 g/mol. The molecule has 4 atom stereocenters. The van der Waals surface area contributed by atoms with Gasteiger partial charge in [-0.25, -0.2) is 0 Å². The summed E-state index contributed by atoms with van der Waals surface area (Å²) in [6.45, 7) is 6.98. The summed E-state index contributed by atoms with van der Waals surface area (Å²) < 4.78 is 0. The van der Waals surface area contributed by atoms with Crippen molar-refractivity contribution in [2.75, 3.05) is 0 Å². The number of allylic oxidation sites excluding steroid dienone is 2. The maximum atomic E-state index is 12.9. The predicted octanol–water partition coefficient (Wildman–Crippen LogP) is 3.90. The summed E-state index contributed by atoms with van der Waals surface area (Å²) in [4.78, 5) is 36.3. The highest BCUT2D eigenvalue weighted by atomic mass is 16.1. The molecule has 0 aromatic carbocycles. The molecular formula is C20H28O3. The largest absolute Gasteiger partial charge is 0.302 e. The number of ketones is 1. The van der Waals surface area contributed by atoms with Crippen molar-refractivity contribution in [3.05, 3.63) is 11.6 Å². The molecule has 3 nitrogen and oxygen atoms in total. The number of Topliss-reactive ketones (excluding diaryl/α,β-unsaturated/α-hetero) is 1. The lowest BCUT2D eigenvalue weighted by molar-refractivity contribution is -0.162. The van der Waals surface area contributed by atoms with Crippen LogP contribution in [0.25, 0.3) is 0 Å². The summed E-state index contributed by atoms with van der Waals surface area (Å²) in [6.07, 6.45) is 9.52. The zero-order valence-electron chi connectivity index (χ0n) is 14.6. The number of hydrogen-bond acceptors (Lipinski definition) is 3. The Bertz CT molecular complexity index is 573. The van der Waals surface area contributed by atoms with E-state index in [2.05, 4.69) is 20.8 Å². The maximum absolute atomic E-state index is 12.9. The van der Waals surface area contributed by atoms with Crippen molar-refractivity contribution in [2.45, 2.75) is 65.7 Å². The van der Waals surface area contributed by atoms with Crippen molar-refractivity contribution in [3.63, 3.8) is 0 Å². The summed E-state index contributed by atoms with van der Waals surface area (Å²) in [5.74, 6) is 0.549. The molecule has 0 bridgehead atoms. The fourth-order valence-electron chi connectivity index (χ4n) is 6.25. The number of carbonyl (C=O) groups excluding carboxylic acids is 3. The third-order valence-corrected chi connectivity index (χ3v) is 7.40. The highest BCUT2D eigenvalue weighted by molar-refractivity contribution is 6.02. The highest BCUT2D eigenvalue weighted by Crippen LogP contribution is 2.65. The molecule has 3 aliphatic carbocycles. The zero-order chi connectivity index (χ0) is 16.9. The first-order valence-electron chi connectivity index (χ1n) is 8.94. The molecule has 0 aliphatic heterocycles. The van der Waals surface area contributed by atoms with Crippen LogP contribution in [0.5, 0.6) is 0 Å². The van der Waals surface area contributed by atoms with Crippen molar-refractivity contribution in [2.24, 2.45) is 28.1 Å². The quantitative estimate of drug-likeness (QED) is 0.573. The van der Waals surface area contributed by atoms with Crippen LogP contribution in [0.4, 0.5) is 0 Å². The van der Waals surface area contributed by atoms with Crippen LogP contribution in [0.2, 0.25) is 0 Å². The second kappa shape index (κ2) is 5.39. The van der Waals surface area contributed by atoms with Crippen LogP contribution < -0.4 is 0 Å². The molecule has 4 unspecified atom stereocenters. The molecule has 2 fully saturated rings. The van der Waals surface area contributed by atoms with Crippen molar-refractivity contribution >= 4 is 18.4 Å². The fourth-order valence-corrected chi connectivity index (χ4v) is 6.25. The third-order valence-electron chi connectivity index (χ3n) is 7.40. The minimum Gasteiger partial charge on any atom is -0.302 e. The van der Waals surface area contributed by atoms with Gasteiger partial charge in [0.05, 0.1) is 5.41 Å². The molecule has 3 rings (SSSR count). The first-order chi connectivity index (χ1) is 10.8. The summed E-state index contributed by atoms with van der Waals surface area (Å²) in [5.41, 5.74) is -0.0548. The smallest absolute Gasteiger partial charge is 0.150 e. The van der Waals surface area contributed by atoms with Gasteiger partial charge in [-0.15, -0.1) is 0 Å². The molecule has 0 radical (unpaired) electrons. The second-order valence-electron chi connectivity index (χ2n) is 8.88. The van der Waals surface area contributed by atoms with Crippen molar-refractivity contribution < 1.29 is 14.4 Å². The molecular weight excluding hydrogens is 288 g/mol. The Hall–Kier alpha value is -1.25. The SMILES string of the molecule is CC1(C)CCCC2(C)C1CCC1(C=O)C(=O)CC(C=O)=CCC12. The van der Waals surface area contributed by atoms with E-state index in [-0.39, 0.29) is 29.0 Å². The molecule has 0 heterocycles. The number of aldehydes is 2. The number of fused-ring (bicyclic) bond motifs is 3. The lowest BCUT2D eigenvalue weighted by Gasteiger charge is -2.61. The Morgan fingerprint density at radius 3 is 2.48 bits per heavy atom. The Kier molecular flexibility index (Phi) is 3.89. The Balaban J connectivity index is 2.10. The molecule has 126 valence electrons. The van der Waals surface area contributed by atoms with E-state index >= 15 is 0 Å². The van der Waals surface area contributed by atoms with Crippen molar-refractivity contribution in [3.8, 4) is 0 Å². The molecule has 0 N–H and O–H groups in total.